The molecule has 0 heterocycles. The zero-order chi connectivity index (χ0) is 11.5. The van der Waals surface area contributed by atoms with E-state index in [1.54, 1.807) is 0 Å². The van der Waals surface area contributed by atoms with E-state index in [2.05, 4.69) is 39.0 Å². The average Bonchev–Trinajstić information content (AvgIpc) is 2.73. The Morgan fingerprint density at radius 2 is 1.88 bits per heavy atom. The zero-order valence-electron chi connectivity index (χ0n) is 10.6. The monoisotopic (exact) mass is 218 g/mol. The van der Waals surface area contributed by atoms with Crippen molar-refractivity contribution in [1.29, 1.82) is 0 Å². The van der Waals surface area contributed by atoms with E-state index in [1.807, 2.05) is 0 Å². The van der Waals surface area contributed by atoms with Gasteiger partial charge in [-0.05, 0) is 61.8 Å². The second-order valence-electron chi connectivity index (χ2n) is 5.20. The molecule has 1 aliphatic carbocycles. The van der Waals surface area contributed by atoms with Crippen LogP contribution in [-0.2, 0) is 0 Å². The van der Waals surface area contributed by atoms with Gasteiger partial charge in [0.1, 0.15) is 5.75 Å². The highest BCUT2D eigenvalue weighted by molar-refractivity contribution is 5.36. The highest BCUT2D eigenvalue weighted by atomic mass is 16.5. The summed E-state index contributed by atoms with van der Waals surface area (Å²) in [5.41, 5.74) is 2.78. The minimum absolute atomic E-state index is 0.461. The molecule has 0 atom stereocenters. The second kappa shape index (κ2) is 4.90. The van der Waals surface area contributed by atoms with Crippen molar-refractivity contribution < 1.29 is 4.74 Å². The smallest absolute Gasteiger partial charge is 0.120 e. The number of rotatable bonds is 3. The Morgan fingerprint density at radius 1 is 1.19 bits per heavy atom. The molecule has 0 unspecified atom stereocenters. The Balaban J connectivity index is 2.12. The van der Waals surface area contributed by atoms with E-state index in [-0.39, 0.29) is 0 Å². The van der Waals surface area contributed by atoms with Gasteiger partial charge in [0.05, 0.1) is 6.10 Å². The predicted octanol–water partition coefficient (Wildman–Crippen LogP) is 4.44. The van der Waals surface area contributed by atoms with E-state index in [4.69, 9.17) is 4.74 Å². The highest BCUT2D eigenvalue weighted by Gasteiger charge is 2.16. The van der Waals surface area contributed by atoms with E-state index < -0.39 is 0 Å². The van der Waals surface area contributed by atoms with Crippen molar-refractivity contribution in [2.24, 2.45) is 0 Å². The van der Waals surface area contributed by atoms with Crippen LogP contribution in [0.3, 0.4) is 0 Å². The lowest BCUT2D eigenvalue weighted by Crippen LogP contribution is -2.11. The summed E-state index contributed by atoms with van der Waals surface area (Å²) in [4.78, 5) is 0. The minimum Gasteiger partial charge on any atom is -0.490 e. The Kier molecular flexibility index (Phi) is 3.52. The summed E-state index contributed by atoms with van der Waals surface area (Å²) in [6, 6.07) is 6.51. The fraction of sp³-hybridized carbons (Fsp3) is 0.600. The van der Waals surface area contributed by atoms with Crippen LogP contribution in [-0.4, -0.2) is 6.10 Å². The third-order valence-electron chi connectivity index (χ3n) is 3.48. The summed E-state index contributed by atoms with van der Waals surface area (Å²) in [5, 5.41) is 0. The Bertz CT molecular complexity index is 348. The summed E-state index contributed by atoms with van der Waals surface area (Å²) in [7, 11) is 0. The SMILES string of the molecule is Cc1ccc(OC2CCCC2)cc1C(C)C. The highest BCUT2D eigenvalue weighted by Crippen LogP contribution is 2.28. The Labute approximate surface area is 98.8 Å². The summed E-state index contributed by atoms with van der Waals surface area (Å²) in [5.74, 6) is 1.63. The van der Waals surface area contributed by atoms with Gasteiger partial charge in [-0.1, -0.05) is 19.9 Å². The molecule has 1 aromatic rings. The molecule has 0 N–H and O–H groups in total. The Hall–Kier alpha value is -0.980. The average molecular weight is 218 g/mol. The molecule has 1 fully saturated rings. The summed E-state index contributed by atoms with van der Waals surface area (Å²) in [6.07, 6.45) is 5.57. The van der Waals surface area contributed by atoms with Gasteiger partial charge < -0.3 is 4.74 Å². The van der Waals surface area contributed by atoms with Crippen molar-refractivity contribution in [1.82, 2.24) is 0 Å². The normalized spacial score (nSPS) is 17.0. The second-order valence-corrected chi connectivity index (χ2v) is 5.20. The maximum atomic E-state index is 6.02. The van der Waals surface area contributed by atoms with Gasteiger partial charge in [-0.2, -0.15) is 0 Å². The van der Waals surface area contributed by atoms with Crippen LogP contribution < -0.4 is 4.74 Å². The lowest BCUT2D eigenvalue weighted by atomic mass is 9.98. The molecule has 0 spiro atoms. The number of hydrogen-bond donors (Lipinski definition) is 0. The summed E-state index contributed by atoms with van der Waals surface area (Å²) < 4.78 is 6.02. The van der Waals surface area contributed by atoms with E-state index in [0.717, 1.165) is 5.75 Å². The van der Waals surface area contributed by atoms with Gasteiger partial charge in [0, 0.05) is 0 Å². The van der Waals surface area contributed by atoms with E-state index in [0.29, 0.717) is 12.0 Å². The molecule has 0 amide bonds. The number of hydrogen-bond acceptors (Lipinski definition) is 1. The predicted molar refractivity (Wildman–Crippen MR) is 68.2 cm³/mol. The summed E-state index contributed by atoms with van der Waals surface area (Å²) in [6.45, 7) is 6.65. The fourth-order valence-corrected chi connectivity index (χ4v) is 2.51. The molecule has 88 valence electrons. The molecule has 1 nitrogen and oxygen atoms in total. The first-order chi connectivity index (χ1) is 7.66. The van der Waals surface area contributed by atoms with Gasteiger partial charge in [-0.15, -0.1) is 0 Å². The molecular weight excluding hydrogens is 196 g/mol. The first-order valence-corrected chi connectivity index (χ1v) is 6.44. The molecule has 0 aromatic heterocycles. The largest absolute Gasteiger partial charge is 0.490 e. The van der Waals surface area contributed by atoms with Gasteiger partial charge in [-0.25, -0.2) is 0 Å². The van der Waals surface area contributed by atoms with Crippen LogP contribution in [0.15, 0.2) is 18.2 Å². The minimum atomic E-state index is 0.461. The van der Waals surface area contributed by atoms with Gasteiger partial charge in [0.25, 0.3) is 0 Å². The molecular formula is C15H22O. The third-order valence-corrected chi connectivity index (χ3v) is 3.48. The topological polar surface area (TPSA) is 9.23 Å². The first-order valence-electron chi connectivity index (χ1n) is 6.44. The van der Waals surface area contributed by atoms with Crippen LogP contribution in [0, 0.1) is 6.92 Å². The number of ether oxygens (including phenoxy) is 1. The van der Waals surface area contributed by atoms with Crippen molar-refractivity contribution in [2.75, 3.05) is 0 Å². The summed E-state index contributed by atoms with van der Waals surface area (Å²) >= 11 is 0. The first kappa shape index (κ1) is 11.5. The van der Waals surface area contributed by atoms with Crippen LogP contribution >= 0.6 is 0 Å². The zero-order valence-corrected chi connectivity index (χ0v) is 10.6. The number of aryl methyl sites for hydroxylation is 1. The van der Waals surface area contributed by atoms with Crippen LogP contribution in [0.5, 0.6) is 5.75 Å². The standard InChI is InChI=1S/C15H22O/c1-11(2)15-10-14(9-8-12(15)3)16-13-6-4-5-7-13/h8-11,13H,4-7H2,1-3H3. The maximum absolute atomic E-state index is 6.02. The molecule has 1 aliphatic rings. The van der Waals surface area contributed by atoms with Crippen molar-refractivity contribution >= 4 is 0 Å². The molecule has 1 aromatic carbocycles. The van der Waals surface area contributed by atoms with Crippen molar-refractivity contribution in [3.63, 3.8) is 0 Å². The van der Waals surface area contributed by atoms with E-state index in [1.165, 1.54) is 36.8 Å². The Morgan fingerprint density at radius 3 is 2.50 bits per heavy atom. The lowest BCUT2D eigenvalue weighted by Gasteiger charge is -2.16. The van der Waals surface area contributed by atoms with E-state index in [9.17, 15) is 0 Å². The van der Waals surface area contributed by atoms with Crippen molar-refractivity contribution in [3.8, 4) is 5.75 Å². The van der Waals surface area contributed by atoms with Gasteiger partial charge in [0.15, 0.2) is 0 Å². The maximum Gasteiger partial charge on any atom is 0.120 e. The van der Waals surface area contributed by atoms with Crippen LogP contribution in [0.2, 0.25) is 0 Å². The van der Waals surface area contributed by atoms with Crippen LogP contribution in [0.4, 0.5) is 0 Å². The number of benzene rings is 1. The molecule has 1 saturated carbocycles. The quantitative estimate of drug-likeness (QED) is 0.728. The van der Waals surface area contributed by atoms with Gasteiger partial charge in [0.2, 0.25) is 0 Å². The van der Waals surface area contributed by atoms with Gasteiger partial charge in [-0.3, -0.25) is 0 Å². The molecule has 0 radical (unpaired) electrons. The van der Waals surface area contributed by atoms with Gasteiger partial charge >= 0.3 is 0 Å². The molecule has 1 heteroatoms. The third kappa shape index (κ3) is 2.58. The van der Waals surface area contributed by atoms with Crippen LogP contribution in [0.25, 0.3) is 0 Å². The van der Waals surface area contributed by atoms with E-state index >= 15 is 0 Å². The van der Waals surface area contributed by atoms with Crippen molar-refractivity contribution in [3.05, 3.63) is 29.3 Å². The molecule has 16 heavy (non-hydrogen) atoms. The molecule has 0 aliphatic heterocycles. The molecule has 0 saturated heterocycles. The molecule has 2 rings (SSSR count). The van der Waals surface area contributed by atoms with Crippen molar-refractivity contribution in [2.45, 2.75) is 58.5 Å². The van der Waals surface area contributed by atoms with Crippen LogP contribution in [0.1, 0.15) is 56.6 Å². The fourth-order valence-electron chi connectivity index (χ4n) is 2.51. The lowest BCUT2D eigenvalue weighted by molar-refractivity contribution is 0.210. The molecule has 0 bridgehead atoms.